The first-order chi connectivity index (χ1) is 13.5. The van der Waals surface area contributed by atoms with Crippen LogP contribution >= 0.6 is 39.1 Å². The van der Waals surface area contributed by atoms with Crippen molar-refractivity contribution < 1.29 is 9.53 Å². The number of ether oxygens (including phenoxy) is 1. The molecule has 1 N–H and O–H groups in total. The summed E-state index contributed by atoms with van der Waals surface area (Å²) in [6.45, 7) is 1.87. The third-order valence-corrected chi connectivity index (χ3v) is 5.61. The molecule has 0 unspecified atom stereocenters. The lowest BCUT2D eigenvalue weighted by Gasteiger charge is -2.17. The monoisotopic (exact) mass is 478 g/mol. The van der Waals surface area contributed by atoms with Crippen LogP contribution in [-0.2, 0) is 4.79 Å². The quantitative estimate of drug-likeness (QED) is 0.337. The average molecular weight is 480 g/mol. The van der Waals surface area contributed by atoms with Crippen molar-refractivity contribution in [2.75, 3.05) is 0 Å². The van der Waals surface area contributed by atoms with E-state index in [0.29, 0.717) is 27.8 Å². The third-order valence-electron chi connectivity index (χ3n) is 4.13. The second kappa shape index (κ2) is 9.41. The van der Waals surface area contributed by atoms with Gasteiger partial charge in [0.05, 0.1) is 20.7 Å². The standard InChI is InChI=1S/C21H17BrCl2N2O2/c1-2-18(21(27)26-25-12-15-16(23)8-5-9-17(15)24)28-19-11-10-13-6-3-4-7-14(13)20(19)22/h3-12,18H,2H2,1H3,(H,26,27)/b25-12-/t18-/m1/s1. The maximum atomic E-state index is 12.5. The fraction of sp³-hybridized carbons (Fsp3) is 0.143. The predicted octanol–water partition coefficient (Wildman–Crippen LogP) is 6.22. The molecule has 144 valence electrons. The highest BCUT2D eigenvalue weighted by molar-refractivity contribution is 9.10. The van der Waals surface area contributed by atoms with Crippen molar-refractivity contribution in [3.8, 4) is 5.75 Å². The minimum Gasteiger partial charge on any atom is -0.479 e. The number of amides is 1. The second-order valence-corrected chi connectivity index (χ2v) is 7.59. The van der Waals surface area contributed by atoms with Gasteiger partial charge in [0.2, 0.25) is 0 Å². The van der Waals surface area contributed by atoms with E-state index in [0.717, 1.165) is 15.2 Å². The van der Waals surface area contributed by atoms with Crippen molar-refractivity contribution in [1.29, 1.82) is 0 Å². The van der Waals surface area contributed by atoms with Gasteiger partial charge in [-0.25, -0.2) is 5.43 Å². The highest BCUT2D eigenvalue weighted by Gasteiger charge is 2.19. The smallest absolute Gasteiger partial charge is 0.281 e. The Hall–Kier alpha value is -2.08. The molecule has 3 aromatic rings. The van der Waals surface area contributed by atoms with Crippen LogP contribution in [0.25, 0.3) is 10.8 Å². The molecule has 0 aliphatic carbocycles. The van der Waals surface area contributed by atoms with E-state index in [-0.39, 0.29) is 5.91 Å². The largest absolute Gasteiger partial charge is 0.479 e. The molecule has 3 rings (SSSR count). The first-order valence-electron chi connectivity index (χ1n) is 8.62. The van der Waals surface area contributed by atoms with E-state index >= 15 is 0 Å². The van der Waals surface area contributed by atoms with Crippen LogP contribution < -0.4 is 10.2 Å². The molecule has 0 saturated carbocycles. The molecule has 7 heteroatoms. The Labute approximate surface area is 181 Å². The number of carbonyl (C=O) groups is 1. The third kappa shape index (κ3) is 4.66. The molecule has 4 nitrogen and oxygen atoms in total. The average Bonchev–Trinajstić information content (AvgIpc) is 2.70. The van der Waals surface area contributed by atoms with Crippen LogP contribution in [0.2, 0.25) is 10.0 Å². The van der Waals surface area contributed by atoms with Gasteiger partial charge in [-0.1, -0.05) is 66.5 Å². The Kier molecular flexibility index (Phi) is 6.94. The topological polar surface area (TPSA) is 50.7 Å². The molecular formula is C21H17BrCl2N2O2. The second-order valence-electron chi connectivity index (χ2n) is 5.98. The van der Waals surface area contributed by atoms with Gasteiger partial charge in [-0.3, -0.25) is 4.79 Å². The highest BCUT2D eigenvalue weighted by atomic mass is 79.9. The number of carbonyl (C=O) groups excluding carboxylic acids is 1. The zero-order chi connectivity index (χ0) is 20.1. The first kappa shape index (κ1) is 20.6. The van der Waals surface area contributed by atoms with Gasteiger partial charge in [-0.05, 0) is 51.3 Å². The summed E-state index contributed by atoms with van der Waals surface area (Å²) in [6, 6.07) is 16.9. The molecule has 0 fully saturated rings. The molecule has 0 bridgehead atoms. The zero-order valence-electron chi connectivity index (χ0n) is 15.0. The lowest BCUT2D eigenvalue weighted by molar-refractivity contribution is -0.128. The first-order valence-corrected chi connectivity index (χ1v) is 10.2. The van der Waals surface area contributed by atoms with Crippen molar-refractivity contribution in [2.24, 2.45) is 5.10 Å². The fourth-order valence-corrected chi connectivity index (χ4v) is 3.73. The molecule has 0 radical (unpaired) electrons. The molecular weight excluding hydrogens is 463 g/mol. The number of hydrogen-bond donors (Lipinski definition) is 1. The van der Waals surface area contributed by atoms with E-state index in [1.807, 2.05) is 43.3 Å². The highest BCUT2D eigenvalue weighted by Crippen LogP contribution is 2.33. The normalized spacial score (nSPS) is 12.3. The molecule has 0 saturated heterocycles. The number of nitrogens with zero attached hydrogens (tertiary/aromatic N) is 1. The summed E-state index contributed by atoms with van der Waals surface area (Å²) in [4.78, 5) is 12.5. The Balaban J connectivity index is 1.72. The predicted molar refractivity (Wildman–Crippen MR) is 119 cm³/mol. The summed E-state index contributed by atoms with van der Waals surface area (Å²) in [6.07, 6.45) is 1.20. The van der Waals surface area contributed by atoms with E-state index in [2.05, 4.69) is 26.5 Å². The van der Waals surface area contributed by atoms with Gasteiger partial charge in [-0.15, -0.1) is 0 Å². The van der Waals surface area contributed by atoms with Gasteiger partial charge >= 0.3 is 0 Å². The van der Waals surface area contributed by atoms with E-state index in [9.17, 15) is 4.79 Å². The lowest BCUT2D eigenvalue weighted by Crippen LogP contribution is -2.35. The number of halogens is 3. The van der Waals surface area contributed by atoms with Gasteiger partial charge in [0, 0.05) is 5.56 Å². The maximum absolute atomic E-state index is 12.5. The van der Waals surface area contributed by atoms with Gasteiger partial charge in [0.25, 0.3) is 5.91 Å². The minimum atomic E-state index is -0.698. The van der Waals surface area contributed by atoms with Crippen molar-refractivity contribution in [2.45, 2.75) is 19.4 Å². The Morgan fingerprint density at radius 2 is 1.86 bits per heavy atom. The molecule has 0 aliphatic heterocycles. The van der Waals surface area contributed by atoms with Crippen molar-refractivity contribution in [3.05, 3.63) is 74.7 Å². The van der Waals surface area contributed by atoms with E-state index in [1.54, 1.807) is 18.2 Å². The summed E-state index contributed by atoms with van der Waals surface area (Å²) in [5, 5.41) is 6.97. The molecule has 3 aromatic carbocycles. The number of benzene rings is 3. The van der Waals surface area contributed by atoms with Gasteiger partial charge in [0.1, 0.15) is 5.75 Å². The number of fused-ring (bicyclic) bond motifs is 1. The number of hydrazone groups is 1. The molecule has 28 heavy (non-hydrogen) atoms. The SMILES string of the molecule is CC[C@@H](Oc1ccc2ccccc2c1Br)C(=O)N/N=C\c1c(Cl)cccc1Cl. The summed E-state index contributed by atoms with van der Waals surface area (Å²) in [7, 11) is 0. The summed E-state index contributed by atoms with van der Waals surface area (Å²) in [5.41, 5.74) is 3.03. The molecule has 0 aliphatic rings. The van der Waals surface area contributed by atoms with Gasteiger partial charge in [-0.2, -0.15) is 5.10 Å². The van der Waals surface area contributed by atoms with Gasteiger partial charge in [0.15, 0.2) is 6.10 Å². The molecule has 0 aromatic heterocycles. The van der Waals surface area contributed by atoms with Crippen LogP contribution in [0.1, 0.15) is 18.9 Å². The zero-order valence-corrected chi connectivity index (χ0v) is 18.1. The number of hydrogen-bond acceptors (Lipinski definition) is 3. The number of rotatable bonds is 6. The molecule has 0 heterocycles. The van der Waals surface area contributed by atoms with Crippen molar-refractivity contribution in [1.82, 2.24) is 5.43 Å². The summed E-state index contributed by atoms with van der Waals surface area (Å²) in [5.74, 6) is 0.237. The van der Waals surface area contributed by atoms with Crippen LogP contribution in [-0.4, -0.2) is 18.2 Å². The Bertz CT molecular complexity index is 1020. The van der Waals surface area contributed by atoms with Gasteiger partial charge < -0.3 is 4.74 Å². The maximum Gasteiger partial charge on any atom is 0.281 e. The van der Waals surface area contributed by atoms with E-state index in [1.165, 1.54) is 6.21 Å². The Morgan fingerprint density at radius 1 is 1.14 bits per heavy atom. The molecule has 1 atom stereocenters. The summed E-state index contributed by atoms with van der Waals surface area (Å²) < 4.78 is 6.74. The van der Waals surface area contributed by atoms with Crippen molar-refractivity contribution >= 4 is 62.0 Å². The van der Waals surface area contributed by atoms with E-state index < -0.39 is 6.10 Å². The van der Waals surface area contributed by atoms with Crippen LogP contribution in [0.5, 0.6) is 5.75 Å². The minimum absolute atomic E-state index is 0.359. The molecule has 0 spiro atoms. The number of nitrogens with one attached hydrogen (secondary N) is 1. The van der Waals surface area contributed by atoms with Crippen LogP contribution in [0.4, 0.5) is 0 Å². The Morgan fingerprint density at radius 3 is 2.57 bits per heavy atom. The van der Waals surface area contributed by atoms with Crippen LogP contribution in [0.3, 0.4) is 0 Å². The molecule has 1 amide bonds. The lowest BCUT2D eigenvalue weighted by atomic mass is 10.1. The van der Waals surface area contributed by atoms with E-state index in [4.69, 9.17) is 27.9 Å². The van der Waals surface area contributed by atoms with Crippen LogP contribution in [0, 0.1) is 0 Å². The summed E-state index contributed by atoms with van der Waals surface area (Å²) >= 11 is 15.7. The van der Waals surface area contributed by atoms with Crippen molar-refractivity contribution in [3.63, 3.8) is 0 Å². The van der Waals surface area contributed by atoms with Crippen LogP contribution in [0.15, 0.2) is 64.2 Å². The fourth-order valence-electron chi connectivity index (χ4n) is 2.65.